The summed E-state index contributed by atoms with van der Waals surface area (Å²) < 4.78 is 14.4. The van der Waals surface area contributed by atoms with E-state index in [1.807, 2.05) is 0 Å². The number of ether oxygens (including phenoxy) is 3. The molecule has 9 N–H and O–H groups in total. The summed E-state index contributed by atoms with van der Waals surface area (Å²) in [7, 11) is 4.83. The highest BCUT2D eigenvalue weighted by molar-refractivity contribution is 5.83. The molecule has 13 heteroatoms. The minimum Gasteiger partial charge on any atom is -0.481 e. The zero-order valence-corrected chi connectivity index (χ0v) is 22.2. The number of carbonyl (C=O) groups is 4. The zero-order valence-electron chi connectivity index (χ0n) is 22.2. The van der Waals surface area contributed by atoms with Gasteiger partial charge in [0.15, 0.2) is 0 Å². The van der Waals surface area contributed by atoms with Crippen molar-refractivity contribution in [2.24, 2.45) is 23.1 Å². The molecule has 0 fully saturated rings. The minimum atomic E-state index is -0.927. The van der Waals surface area contributed by atoms with Gasteiger partial charge in [0.1, 0.15) is 12.1 Å². The Hall–Kier alpha value is -2.29. The topological polar surface area (TPSA) is 230 Å². The summed E-state index contributed by atoms with van der Waals surface area (Å²) in [6.07, 6.45) is 4.10. The molecule has 0 aliphatic carbocycles. The molecule has 0 aromatic heterocycles. The molecule has 0 bridgehead atoms. The Kier molecular flexibility index (Phi) is 46.2. The van der Waals surface area contributed by atoms with Gasteiger partial charge in [-0.25, -0.2) is 0 Å². The molecule has 0 radical (unpaired) electrons. The molecule has 2 atom stereocenters. The quantitative estimate of drug-likeness (QED) is 0.0745. The number of ketones is 1. The Morgan fingerprint density at radius 3 is 1.92 bits per heavy atom. The monoisotopic (exact) mass is 539 g/mol. The van der Waals surface area contributed by atoms with Crippen LogP contribution in [0.3, 0.4) is 0 Å². The number of carbonyl (C=O) groups excluding carboxylic acids is 3. The fraction of sp³-hybridized carbons (Fsp3) is 0.792. The van der Waals surface area contributed by atoms with Crippen molar-refractivity contribution in [1.82, 2.24) is 5.32 Å². The van der Waals surface area contributed by atoms with Crippen LogP contribution >= 0.6 is 0 Å². The maximum Gasteiger partial charge on any atom is 0.307 e. The number of carboxylic acids is 1. The van der Waals surface area contributed by atoms with Gasteiger partial charge in [-0.05, 0) is 38.9 Å². The van der Waals surface area contributed by atoms with E-state index in [-0.39, 0.29) is 32.1 Å². The molecular weight excluding hydrogens is 486 g/mol. The second-order valence-electron chi connectivity index (χ2n) is 7.21. The molecule has 13 nitrogen and oxygen atoms in total. The van der Waals surface area contributed by atoms with E-state index >= 15 is 0 Å². The average Bonchev–Trinajstić information content (AvgIpc) is 2.89. The van der Waals surface area contributed by atoms with E-state index in [9.17, 15) is 19.2 Å². The van der Waals surface area contributed by atoms with Crippen molar-refractivity contribution in [2.45, 2.75) is 58.4 Å². The maximum atomic E-state index is 11.5. The third-order valence-electron chi connectivity index (χ3n) is 4.30. The molecule has 0 saturated heterocycles. The van der Waals surface area contributed by atoms with Crippen molar-refractivity contribution in [2.75, 3.05) is 60.8 Å². The molecule has 0 aromatic rings. The second-order valence-corrected chi connectivity index (χ2v) is 7.21. The minimum absolute atomic E-state index is 0. The van der Waals surface area contributed by atoms with Crippen molar-refractivity contribution >= 4 is 30.7 Å². The highest BCUT2D eigenvalue weighted by Gasteiger charge is 2.14. The van der Waals surface area contributed by atoms with Gasteiger partial charge in [0.25, 0.3) is 0 Å². The van der Waals surface area contributed by atoms with Gasteiger partial charge in [-0.2, -0.15) is 0 Å². The molecule has 0 heterocycles. The van der Waals surface area contributed by atoms with E-state index in [1.54, 1.807) is 21.3 Å². The number of carboxylic acid groups (broad SMARTS) is 1. The first-order chi connectivity index (χ1) is 17.2. The first kappa shape index (κ1) is 44.7. The number of nitrogens with two attached hydrogens (primary N) is 3. The Bertz CT molecular complexity index is 523. The van der Waals surface area contributed by atoms with Crippen LogP contribution in [0.5, 0.6) is 0 Å². The third kappa shape index (κ3) is 38.4. The number of amides is 1. The van der Waals surface area contributed by atoms with E-state index < -0.39 is 17.9 Å². The molecule has 0 spiro atoms. The van der Waals surface area contributed by atoms with Gasteiger partial charge < -0.3 is 52.0 Å². The van der Waals surface area contributed by atoms with Crippen LogP contribution in [0.25, 0.3) is 0 Å². The van der Waals surface area contributed by atoms with Gasteiger partial charge in [-0.3, -0.25) is 14.4 Å². The number of rotatable bonds is 19. The van der Waals surface area contributed by atoms with Gasteiger partial charge >= 0.3 is 5.97 Å². The van der Waals surface area contributed by atoms with Crippen molar-refractivity contribution in [3.05, 3.63) is 0 Å². The van der Waals surface area contributed by atoms with E-state index in [1.165, 1.54) is 0 Å². The number of methoxy groups -OCH3 is 3. The summed E-state index contributed by atoms with van der Waals surface area (Å²) in [5, 5.41) is 16.6. The normalized spacial score (nSPS) is 10.9. The molecule has 2 unspecified atom stereocenters. The van der Waals surface area contributed by atoms with Crippen molar-refractivity contribution in [3.63, 3.8) is 0 Å². The second kappa shape index (κ2) is 38.2. The Morgan fingerprint density at radius 1 is 0.973 bits per heavy atom. The largest absolute Gasteiger partial charge is 0.481 e. The highest BCUT2D eigenvalue weighted by atomic mass is 16.5. The first-order valence-electron chi connectivity index (χ1n) is 11.7. The maximum absolute atomic E-state index is 11.5. The Labute approximate surface area is 222 Å². The fourth-order valence-corrected chi connectivity index (χ4v) is 2.19. The van der Waals surface area contributed by atoms with E-state index in [0.29, 0.717) is 51.7 Å². The van der Waals surface area contributed by atoms with E-state index in [4.69, 9.17) is 41.9 Å². The van der Waals surface area contributed by atoms with E-state index in [0.717, 1.165) is 26.0 Å². The lowest BCUT2D eigenvalue weighted by Gasteiger charge is -2.11. The van der Waals surface area contributed by atoms with Crippen LogP contribution in [0.1, 0.15) is 52.4 Å². The first-order valence-corrected chi connectivity index (χ1v) is 11.7. The van der Waals surface area contributed by atoms with Crippen LogP contribution in [-0.4, -0.2) is 103 Å². The Morgan fingerprint density at radius 2 is 1.51 bits per heavy atom. The molecule has 0 rings (SSSR count). The summed E-state index contributed by atoms with van der Waals surface area (Å²) in [4.78, 5) is 42.9. The van der Waals surface area contributed by atoms with Gasteiger partial charge in [0, 0.05) is 66.9 Å². The predicted molar refractivity (Wildman–Crippen MR) is 146 cm³/mol. The molecule has 1 amide bonds. The van der Waals surface area contributed by atoms with Gasteiger partial charge in [-0.15, -0.1) is 0 Å². The van der Waals surface area contributed by atoms with Crippen molar-refractivity contribution < 1.29 is 38.5 Å². The van der Waals surface area contributed by atoms with E-state index in [2.05, 4.69) is 12.0 Å². The highest BCUT2D eigenvalue weighted by Crippen LogP contribution is 2.02. The SMILES string of the molecule is C.C=N.COCCCN.COCCCNC(=O)C(N)CCC(=O)CCOC.NCC(CCC=O)C(=O)O. The Balaban J connectivity index is -0.000000151. The number of hydrogen-bond donors (Lipinski definition) is 6. The van der Waals surface area contributed by atoms with Crippen LogP contribution in [-0.2, 0) is 33.4 Å². The molecular formula is C24H53N5O8. The van der Waals surface area contributed by atoms with Crippen LogP contribution in [0.15, 0.2) is 0 Å². The molecule has 222 valence electrons. The fourth-order valence-electron chi connectivity index (χ4n) is 2.19. The molecule has 0 aromatic carbocycles. The van der Waals surface area contributed by atoms with Crippen LogP contribution < -0.4 is 22.5 Å². The summed E-state index contributed by atoms with van der Waals surface area (Å²) in [6, 6.07) is -0.626. The van der Waals surface area contributed by atoms with Crippen molar-refractivity contribution in [3.8, 4) is 0 Å². The smallest absolute Gasteiger partial charge is 0.307 e. The third-order valence-corrected chi connectivity index (χ3v) is 4.30. The standard InChI is InChI=1S/C12H24N2O4.C6H11NO3.C4H11NO.CH3N.CH4/c1-17-8-3-7-14-12(16)11(13)5-4-10(15)6-9-18-2;7-4-5(6(9)10)2-1-3-8;1-6-4-2-3-5;1-2;/h11H,3-9,13H2,1-2H3,(H,14,16);3,5H,1-2,4,7H2,(H,9,10);2-5H2,1H3;2H,1H2;1H4. The van der Waals surface area contributed by atoms with Gasteiger partial charge in [0.2, 0.25) is 5.91 Å². The molecule has 0 aliphatic rings. The number of aliphatic carboxylic acids is 1. The summed E-state index contributed by atoms with van der Waals surface area (Å²) in [6.45, 7) is 5.67. The average molecular weight is 540 g/mol. The molecule has 0 saturated carbocycles. The molecule has 37 heavy (non-hydrogen) atoms. The molecule has 0 aliphatic heterocycles. The van der Waals surface area contributed by atoms with Gasteiger partial charge in [-0.1, -0.05) is 7.43 Å². The lowest BCUT2D eigenvalue weighted by Crippen LogP contribution is -2.41. The number of aldehydes is 1. The number of Topliss-reactive ketones (excluding diaryl/α,β-unsaturated/α-hetero) is 1. The summed E-state index contributed by atoms with van der Waals surface area (Å²) >= 11 is 0. The summed E-state index contributed by atoms with van der Waals surface area (Å²) in [5.74, 6) is -1.64. The predicted octanol–water partition coefficient (Wildman–Crippen LogP) is 0.361. The van der Waals surface area contributed by atoms with Crippen LogP contribution in [0.4, 0.5) is 0 Å². The van der Waals surface area contributed by atoms with Crippen LogP contribution in [0, 0.1) is 11.3 Å². The summed E-state index contributed by atoms with van der Waals surface area (Å²) in [5.41, 5.74) is 15.9. The number of nitrogens with one attached hydrogen (secondary N) is 2. The lowest BCUT2D eigenvalue weighted by molar-refractivity contribution is -0.141. The zero-order chi connectivity index (χ0) is 28.6. The van der Waals surface area contributed by atoms with Gasteiger partial charge in [0.05, 0.1) is 18.6 Å². The number of hydrogen-bond acceptors (Lipinski definition) is 11. The van der Waals surface area contributed by atoms with Crippen molar-refractivity contribution in [1.29, 1.82) is 5.41 Å². The lowest BCUT2D eigenvalue weighted by atomic mass is 10.1. The van der Waals surface area contributed by atoms with Crippen LogP contribution in [0.2, 0.25) is 0 Å².